The highest BCUT2D eigenvalue weighted by atomic mass is 35.5. The molecular formula is C7H7ClN4OS. The summed E-state index contributed by atoms with van der Waals surface area (Å²) >= 11 is 6.93. The van der Waals surface area contributed by atoms with Gasteiger partial charge in [-0.15, -0.1) is 16.4 Å². The lowest BCUT2D eigenvalue weighted by molar-refractivity contribution is 0.214. The number of aryl methyl sites for hydroxylation is 1. The van der Waals surface area contributed by atoms with Crippen LogP contribution in [0.4, 0.5) is 0 Å². The SMILES string of the molecule is Cn1cc(C(O)c2ncc(Cl)s2)nn1. The monoisotopic (exact) mass is 230 g/mol. The summed E-state index contributed by atoms with van der Waals surface area (Å²) in [6.07, 6.45) is 2.29. The minimum atomic E-state index is -0.846. The number of rotatable bonds is 2. The van der Waals surface area contributed by atoms with E-state index in [2.05, 4.69) is 15.3 Å². The van der Waals surface area contributed by atoms with Gasteiger partial charge in [-0.25, -0.2) is 4.98 Å². The second-order valence-electron chi connectivity index (χ2n) is 2.72. The van der Waals surface area contributed by atoms with Crippen LogP contribution >= 0.6 is 22.9 Å². The van der Waals surface area contributed by atoms with Crippen LogP contribution < -0.4 is 0 Å². The van der Waals surface area contributed by atoms with E-state index in [1.54, 1.807) is 13.2 Å². The molecule has 0 fully saturated rings. The Kier molecular flexibility index (Phi) is 2.49. The molecule has 2 rings (SSSR count). The number of nitrogens with zero attached hydrogens (tertiary/aromatic N) is 4. The van der Waals surface area contributed by atoms with Crippen molar-refractivity contribution in [1.82, 2.24) is 20.0 Å². The molecule has 0 aliphatic carbocycles. The zero-order chi connectivity index (χ0) is 10.1. The number of thiazole rings is 1. The van der Waals surface area contributed by atoms with Gasteiger partial charge in [0.05, 0.1) is 12.4 Å². The summed E-state index contributed by atoms with van der Waals surface area (Å²) in [5, 5.41) is 17.8. The van der Waals surface area contributed by atoms with Gasteiger partial charge in [-0.2, -0.15) is 0 Å². The second kappa shape index (κ2) is 3.64. The van der Waals surface area contributed by atoms with Crippen LogP contribution in [-0.4, -0.2) is 25.1 Å². The molecule has 7 heteroatoms. The molecular weight excluding hydrogens is 224 g/mol. The van der Waals surface area contributed by atoms with Gasteiger partial charge in [-0.3, -0.25) is 4.68 Å². The van der Waals surface area contributed by atoms with Crippen molar-refractivity contribution in [2.24, 2.45) is 7.05 Å². The molecule has 2 aromatic heterocycles. The number of halogens is 1. The second-order valence-corrected chi connectivity index (χ2v) is 4.42. The quantitative estimate of drug-likeness (QED) is 0.836. The number of aliphatic hydroxyl groups is 1. The summed E-state index contributed by atoms with van der Waals surface area (Å²) in [4.78, 5) is 3.96. The third-order valence-electron chi connectivity index (χ3n) is 1.63. The molecule has 0 bridgehead atoms. The number of aliphatic hydroxyl groups excluding tert-OH is 1. The number of hydrogen-bond acceptors (Lipinski definition) is 5. The summed E-state index contributed by atoms with van der Waals surface area (Å²) in [5.41, 5.74) is 0.471. The molecule has 0 saturated heterocycles. The molecule has 1 atom stereocenters. The highest BCUT2D eigenvalue weighted by Gasteiger charge is 2.17. The molecule has 74 valence electrons. The molecule has 1 unspecified atom stereocenters. The Balaban J connectivity index is 2.28. The smallest absolute Gasteiger partial charge is 0.151 e. The summed E-state index contributed by atoms with van der Waals surface area (Å²) < 4.78 is 2.07. The maximum Gasteiger partial charge on any atom is 0.151 e. The molecule has 0 spiro atoms. The van der Waals surface area contributed by atoms with Crippen molar-refractivity contribution in [2.75, 3.05) is 0 Å². The first kappa shape index (κ1) is 9.57. The van der Waals surface area contributed by atoms with Gasteiger partial charge in [0, 0.05) is 7.05 Å². The molecule has 0 radical (unpaired) electrons. The van der Waals surface area contributed by atoms with Crippen molar-refractivity contribution in [3.8, 4) is 0 Å². The van der Waals surface area contributed by atoms with E-state index in [9.17, 15) is 5.11 Å². The topological polar surface area (TPSA) is 63.8 Å². The Bertz CT molecular complexity index is 400. The zero-order valence-corrected chi connectivity index (χ0v) is 8.83. The standard InChI is InChI=1S/C7H7ClN4OS/c1-12-3-4(10-11-12)6(13)7-9-2-5(8)14-7/h2-3,6,13H,1H3. The highest BCUT2D eigenvalue weighted by molar-refractivity contribution is 7.15. The third-order valence-corrected chi connectivity index (χ3v) is 2.80. The van der Waals surface area contributed by atoms with Crippen LogP contribution in [0.25, 0.3) is 0 Å². The van der Waals surface area contributed by atoms with E-state index in [1.807, 2.05) is 0 Å². The van der Waals surface area contributed by atoms with Crippen molar-refractivity contribution in [3.05, 3.63) is 27.4 Å². The summed E-state index contributed by atoms with van der Waals surface area (Å²) in [5.74, 6) is 0. The first-order chi connectivity index (χ1) is 6.66. The number of aromatic nitrogens is 4. The van der Waals surface area contributed by atoms with Crippen molar-refractivity contribution in [2.45, 2.75) is 6.10 Å². The Labute approximate surface area is 89.0 Å². The van der Waals surface area contributed by atoms with E-state index in [4.69, 9.17) is 11.6 Å². The summed E-state index contributed by atoms with van der Waals surface area (Å²) in [6.45, 7) is 0. The van der Waals surface area contributed by atoms with Gasteiger partial charge in [-0.05, 0) is 0 Å². The predicted molar refractivity (Wildman–Crippen MR) is 52.2 cm³/mol. The highest BCUT2D eigenvalue weighted by Crippen LogP contribution is 2.26. The van der Waals surface area contributed by atoms with Gasteiger partial charge in [-0.1, -0.05) is 16.8 Å². The Morgan fingerprint density at radius 1 is 1.64 bits per heavy atom. The molecule has 0 aliphatic rings. The molecule has 0 saturated carbocycles. The van der Waals surface area contributed by atoms with Gasteiger partial charge < -0.3 is 5.11 Å². The van der Waals surface area contributed by atoms with Crippen LogP contribution in [0, 0.1) is 0 Å². The molecule has 0 amide bonds. The molecule has 0 aliphatic heterocycles. The lowest BCUT2D eigenvalue weighted by atomic mass is 10.3. The minimum Gasteiger partial charge on any atom is -0.379 e. The van der Waals surface area contributed by atoms with Crippen LogP contribution in [0.3, 0.4) is 0 Å². The number of hydrogen-bond donors (Lipinski definition) is 1. The van der Waals surface area contributed by atoms with Gasteiger partial charge in [0.15, 0.2) is 6.10 Å². The largest absolute Gasteiger partial charge is 0.379 e. The third kappa shape index (κ3) is 1.77. The van der Waals surface area contributed by atoms with E-state index in [-0.39, 0.29) is 0 Å². The fourth-order valence-electron chi connectivity index (χ4n) is 1.01. The molecule has 5 nitrogen and oxygen atoms in total. The van der Waals surface area contributed by atoms with Crippen molar-refractivity contribution >= 4 is 22.9 Å². The van der Waals surface area contributed by atoms with Gasteiger partial charge in [0.1, 0.15) is 15.0 Å². The van der Waals surface area contributed by atoms with E-state index in [0.717, 1.165) is 0 Å². The van der Waals surface area contributed by atoms with Gasteiger partial charge in [0.25, 0.3) is 0 Å². The average molecular weight is 231 g/mol. The first-order valence-corrected chi connectivity index (χ1v) is 5.02. The minimum absolute atomic E-state index is 0.471. The molecule has 0 aromatic carbocycles. The maximum atomic E-state index is 9.79. The van der Waals surface area contributed by atoms with Crippen LogP contribution in [0.5, 0.6) is 0 Å². The van der Waals surface area contributed by atoms with E-state index in [0.29, 0.717) is 15.0 Å². The van der Waals surface area contributed by atoms with E-state index in [1.165, 1.54) is 22.2 Å². The van der Waals surface area contributed by atoms with Crippen molar-refractivity contribution in [1.29, 1.82) is 0 Å². The van der Waals surface area contributed by atoms with Crippen LogP contribution in [0.1, 0.15) is 16.8 Å². The van der Waals surface area contributed by atoms with Gasteiger partial charge >= 0.3 is 0 Å². The molecule has 14 heavy (non-hydrogen) atoms. The predicted octanol–water partition coefficient (Wildman–Crippen LogP) is 1.01. The maximum absolute atomic E-state index is 9.79. The zero-order valence-electron chi connectivity index (χ0n) is 7.25. The van der Waals surface area contributed by atoms with Crippen LogP contribution in [0.15, 0.2) is 12.4 Å². The summed E-state index contributed by atoms with van der Waals surface area (Å²) in [7, 11) is 1.73. The van der Waals surface area contributed by atoms with Gasteiger partial charge in [0.2, 0.25) is 0 Å². The first-order valence-electron chi connectivity index (χ1n) is 3.82. The van der Waals surface area contributed by atoms with E-state index < -0.39 is 6.10 Å². The van der Waals surface area contributed by atoms with Crippen molar-refractivity contribution in [3.63, 3.8) is 0 Å². The van der Waals surface area contributed by atoms with Crippen LogP contribution in [-0.2, 0) is 7.05 Å². The fourth-order valence-corrected chi connectivity index (χ4v) is 1.94. The van der Waals surface area contributed by atoms with Crippen LogP contribution in [0.2, 0.25) is 4.34 Å². The fraction of sp³-hybridized carbons (Fsp3) is 0.286. The molecule has 2 aromatic rings. The molecule has 2 heterocycles. The van der Waals surface area contributed by atoms with Crippen molar-refractivity contribution < 1.29 is 5.11 Å². The lowest BCUT2D eigenvalue weighted by Gasteiger charge is -2.00. The lowest BCUT2D eigenvalue weighted by Crippen LogP contribution is -1.98. The summed E-state index contributed by atoms with van der Waals surface area (Å²) in [6, 6.07) is 0. The van der Waals surface area contributed by atoms with E-state index >= 15 is 0 Å². The Morgan fingerprint density at radius 3 is 2.93 bits per heavy atom. The molecule has 1 N–H and O–H groups in total. The average Bonchev–Trinajstić information content (AvgIpc) is 2.73. The Morgan fingerprint density at radius 2 is 2.43 bits per heavy atom. The normalized spacial score (nSPS) is 13.1. The Hall–Kier alpha value is -0.980.